The summed E-state index contributed by atoms with van der Waals surface area (Å²) in [6, 6.07) is 6.31. The molecule has 0 aromatic heterocycles. The molecule has 0 radical (unpaired) electrons. The van der Waals surface area contributed by atoms with E-state index in [0.717, 1.165) is 0 Å². The van der Waals surface area contributed by atoms with Crippen LogP contribution in [0.5, 0.6) is 0 Å². The minimum absolute atomic E-state index is 0.0751. The summed E-state index contributed by atoms with van der Waals surface area (Å²) in [6.45, 7) is 0. The Morgan fingerprint density at radius 3 is 2.65 bits per heavy atom. The maximum Gasteiger partial charge on any atom is 0.238 e. The minimum atomic E-state index is -3.79. The van der Waals surface area contributed by atoms with E-state index in [2.05, 4.69) is 5.32 Å². The van der Waals surface area contributed by atoms with E-state index in [1.807, 2.05) is 0 Å². The van der Waals surface area contributed by atoms with Crippen LogP contribution in [0.3, 0.4) is 0 Å². The Labute approximate surface area is 117 Å². The van der Waals surface area contributed by atoms with Gasteiger partial charge in [0.2, 0.25) is 16.4 Å². The predicted molar refractivity (Wildman–Crippen MR) is 77.1 cm³/mol. The fourth-order valence-electron chi connectivity index (χ4n) is 1.93. The number of amides is 1. The van der Waals surface area contributed by atoms with Gasteiger partial charge in [-0.1, -0.05) is 48.6 Å². The van der Waals surface area contributed by atoms with E-state index in [9.17, 15) is 13.2 Å². The van der Waals surface area contributed by atoms with Crippen molar-refractivity contribution in [2.45, 2.75) is 10.9 Å². The van der Waals surface area contributed by atoms with Crippen LogP contribution < -0.4 is 10.5 Å². The highest BCUT2D eigenvalue weighted by Gasteiger charge is 2.15. The zero-order chi connectivity index (χ0) is 14.6. The zero-order valence-electron chi connectivity index (χ0n) is 10.6. The first-order valence-corrected chi connectivity index (χ1v) is 7.45. The second kappa shape index (κ2) is 5.85. The van der Waals surface area contributed by atoms with Crippen LogP contribution in [0, 0.1) is 0 Å². The van der Waals surface area contributed by atoms with Crippen molar-refractivity contribution in [1.29, 1.82) is 0 Å². The summed E-state index contributed by atoms with van der Waals surface area (Å²) >= 11 is 0. The summed E-state index contributed by atoms with van der Waals surface area (Å²) in [4.78, 5) is 10.5. The first kappa shape index (κ1) is 14.2. The third kappa shape index (κ3) is 3.23. The molecule has 104 valence electrons. The van der Waals surface area contributed by atoms with E-state index < -0.39 is 10.0 Å². The first-order chi connectivity index (χ1) is 9.52. The molecule has 1 amide bonds. The number of allylic oxidation sites excluding steroid dienone is 4. The molecule has 0 fully saturated rings. The molecule has 5 nitrogen and oxygen atoms in total. The molecule has 0 bridgehead atoms. The predicted octanol–water partition coefficient (Wildman–Crippen LogP) is 0.958. The molecule has 0 heterocycles. The molecule has 1 atom stereocenters. The Morgan fingerprint density at radius 1 is 1.20 bits per heavy atom. The van der Waals surface area contributed by atoms with Gasteiger partial charge in [-0.25, -0.2) is 13.6 Å². The summed E-state index contributed by atoms with van der Waals surface area (Å²) in [6.07, 6.45) is 9.46. The Bertz CT molecular complexity index is 703. The molecule has 0 saturated heterocycles. The van der Waals surface area contributed by atoms with Crippen LogP contribution in [0.1, 0.15) is 5.56 Å². The van der Waals surface area contributed by atoms with Gasteiger partial charge in [-0.05, 0) is 11.6 Å². The van der Waals surface area contributed by atoms with Crippen LogP contribution >= 0.6 is 0 Å². The molecule has 1 aliphatic rings. The highest BCUT2D eigenvalue weighted by Crippen LogP contribution is 2.24. The minimum Gasteiger partial charge on any atom is -0.349 e. The maximum atomic E-state index is 11.6. The van der Waals surface area contributed by atoms with E-state index in [1.165, 1.54) is 6.07 Å². The normalized spacial score (nSPS) is 18.2. The van der Waals surface area contributed by atoms with Crippen LogP contribution in [-0.4, -0.2) is 20.9 Å². The molecular weight excluding hydrogens is 276 g/mol. The van der Waals surface area contributed by atoms with Gasteiger partial charge >= 0.3 is 0 Å². The maximum absolute atomic E-state index is 11.6. The summed E-state index contributed by atoms with van der Waals surface area (Å²) < 4.78 is 23.2. The second-order valence-corrected chi connectivity index (χ2v) is 5.75. The monoisotopic (exact) mass is 290 g/mol. The van der Waals surface area contributed by atoms with Gasteiger partial charge in [0.15, 0.2) is 0 Å². The first-order valence-electron chi connectivity index (χ1n) is 5.91. The van der Waals surface area contributed by atoms with Gasteiger partial charge < -0.3 is 5.32 Å². The number of carbonyl (C=O) groups is 1. The molecule has 0 spiro atoms. The SMILES string of the molecule is NS(=O)(=O)c1ccccc1C1=CC=CC(NC=O)C=C1. The number of sulfonamides is 1. The smallest absolute Gasteiger partial charge is 0.238 e. The average molecular weight is 290 g/mol. The van der Waals surface area contributed by atoms with Crippen molar-refractivity contribution in [2.75, 3.05) is 0 Å². The molecule has 0 aliphatic heterocycles. The Kier molecular flexibility index (Phi) is 4.16. The molecule has 1 aromatic carbocycles. The molecule has 0 saturated carbocycles. The van der Waals surface area contributed by atoms with Gasteiger partial charge in [-0.15, -0.1) is 0 Å². The van der Waals surface area contributed by atoms with Crippen molar-refractivity contribution < 1.29 is 13.2 Å². The number of nitrogens with one attached hydrogen (secondary N) is 1. The van der Waals surface area contributed by atoms with Crippen LogP contribution in [-0.2, 0) is 14.8 Å². The molecule has 2 rings (SSSR count). The lowest BCUT2D eigenvalue weighted by Gasteiger charge is -2.08. The number of hydrogen-bond donors (Lipinski definition) is 2. The molecule has 1 unspecified atom stereocenters. The van der Waals surface area contributed by atoms with Crippen molar-refractivity contribution >= 4 is 22.0 Å². The number of rotatable bonds is 4. The summed E-state index contributed by atoms with van der Waals surface area (Å²) in [5, 5.41) is 7.83. The summed E-state index contributed by atoms with van der Waals surface area (Å²) in [5.41, 5.74) is 1.24. The second-order valence-electron chi connectivity index (χ2n) is 4.22. The third-order valence-corrected chi connectivity index (χ3v) is 3.81. The summed E-state index contributed by atoms with van der Waals surface area (Å²) in [7, 11) is -3.79. The van der Waals surface area contributed by atoms with Crippen molar-refractivity contribution in [3.63, 3.8) is 0 Å². The largest absolute Gasteiger partial charge is 0.349 e. The third-order valence-electron chi connectivity index (χ3n) is 2.84. The fraction of sp³-hybridized carbons (Fsp3) is 0.0714. The van der Waals surface area contributed by atoms with E-state index in [0.29, 0.717) is 17.5 Å². The Hall–Kier alpha value is -2.18. The van der Waals surface area contributed by atoms with E-state index in [1.54, 1.807) is 48.6 Å². The van der Waals surface area contributed by atoms with E-state index in [4.69, 9.17) is 5.14 Å². The van der Waals surface area contributed by atoms with Crippen LogP contribution in [0.2, 0.25) is 0 Å². The van der Waals surface area contributed by atoms with E-state index >= 15 is 0 Å². The molecule has 1 aliphatic carbocycles. The van der Waals surface area contributed by atoms with Crippen molar-refractivity contribution in [2.24, 2.45) is 5.14 Å². The molecule has 20 heavy (non-hydrogen) atoms. The van der Waals surface area contributed by atoms with Gasteiger partial charge in [0.25, 0.3) is 0 Å². The quantitative estimate of drug-likeness (QED) is 0.809. The highest BCUT2D eigenvalue weighted by atomic mass is 32.2. The fourth-order valence-corrected chi connectivity index (χ4v) is 2.69. The van der Waals surface area contributed by atoms with Gasteiger partial charge in [-0.3, -0.25) is 4.79 Å². The number of hydrogen-bond acceptors (Lipinski definition) is 3. The Balaban J connectivity index is 2.44. The number of carbonyl (C=O) groups excluding carboxylic acids is 1. The average Bonchev–Trinajstić information content (AvgIpc) is 2.64. The van der Waals surface area contributed by atoms with Crippen molar-refractivity contribution in [1.82, 2.24) is 5.32 Å². The molecule has 3 N–H and O–H groups in total. The topological polar surface area (TPSA) is 89.3 Å². The molecule has 1 aromatic rings. The lowest BCUT2D eigenvalue weighted by atomic mass is 10.1. The molecule has 6 heteroatoms. The molecular formula is C14H14N2O3S. The highest BCUT2D eigenvalue weighted by molar-refractivity contribution is 7.89. The van der Waals surface area contributed by atoms with Crippen LogP contribution in [0.15, 0.2) is 59.5 Å². The van der Waals surface area contributed by atoms with Crippen molar-refractivity contribution in [3.8, 4) is 0 Å². The van der Waals surface area contributed by atoms with Gasteiger partial charge in [0, 0.05) is 5.56 Å². The number of nitrogens with two attached hydrogens (primary N) is 1. The van der Waals surface area contributed by atoms with Gasteiger partial charge in [-0.2, -0.15) is 0 Å². The van der Waals surface area contributed by atoms with Gasteiger partial charge in [0.1, 0.15) is 0 Å². The number of primary sulfonamides is 1. The van der Waals surface area contributed by atoms with E-state index in [-0.39, 0.29) is 10.9 Å². The van der Waals surface area contributed by atoms with Crippen LogP contribution in [0.25, 0.3) is 5.57 Å². The zero-order valence-corrected chi connectivity index (χ0v) is 11.4. The standard InChI is InChI=1S/C14H14N2O3S/c15-20(18,19)14-7-2-1-6-13(14)11-4-3-5-12(9-8-11)16-10-17/h1-10,12H,(H,16,17)(H2,15,18,19). The van der Waals surface area contributed by atoms with Crippen molar-refractivity contribution in [3.05, 3.63) is 60.2 Å². The Morgan fingerprint density at radius 2 is 1.95 bits per heavy atom. The van der Waals surface area contributed by atoms with Gasteiger partial charge in [0.05, 0.1) is 10.9 Å². The lowest BCUT2D eigenvalue weighted by Crippen LogP contribution is -2.22. The lowest BCUT2D eigenvalue weighted by molar-refractivity contribution is -0.109. The number of benzene rings is 1. The summed E-state index contributed by atoms with van der Waals surface area (Å²) in [5.74, 6) is 0. The van der Waals surface area contributed by atoms with Crippen LogP contribution in [0.4, 0.5) is 0 Å².